The fourth-order valence-electron chi connectivity index (χ4n) is 3.28. The largest absolute Gasteiger partial charge is 0.356 e. The lowest BCUT2D eigenvalue weighted by Gasteiger charge is -2.32. The molecule has 26 heavy (non-hydrogen) atoms. The summed E-state index contributed by atoms with van der Waals surface area (Å²) < 4.78 is 1.75. The lowest BCUT2D eigenvalue weighted by atomic mass is 9.95. The van der Waals surface area contributed by atoms with Gasteiger partial charge in [-0.25, -0.2) is 4.98 Å². The van der Waals surface area contributed by atoms with Gasteiger partial charge in [0.15, 0.2) is 0 Å². The van der Waals surface area contributed by atoms with E-state index in [1.54, 1.807) is 16.6 Å². The van der Waals surface area contributed by atoms with Gasteiger partial charge in [0.2, 0.25) is 5.91 Å². The first-order valence-corrected chi connectivity index (χ1v) is 8.97. The molecule has 0 saturated carbocycles. The summed E-state index contributed by atoms with van der Waals surface area (Å²) in [6.45, 7) is 3.53. The second-order valence-corrected chi connectivity index (χ2v) is 6.92. The minimum absolute atomic E-state index is 0.00361. The average molecular weight is 371 g/mol. The number of rotatable bonds is 3. The minimum atomic E-state index is -0.00361. The maximum Gasteiger partial charge on any atom is 0.254 e. The number of anilines is 2. The van der Waals surface area contributed by atoms with Crippen LogP contribution in [-0.4, -0.2) is 38.6 Å². The zero-order chi connectivity index (χ0) is 18.1. The molecule has 0 spiro atoms. The van der Waals surface area contributed by atoms with Gasteiger partial charge in [0, 0.05) is 41.5 Å². The molecule has 3 aromatic rings. The number of halogens is 1. The summed E-state index contributed by atoms with van der Waals surface area (Å²) in [4.78, 5) is 23.3. The van der Waals surface area contributed by atoms with Crippen LogP contribution in [0.1, 0.15) is 18.5 Å². The SMILES string of the molecule is Cc1cc(N2CCC(C(=O)Nc3ccc(Cl)cc3)CC2)n2ncnc2n1. The molecule has 1 aliphatic rings. The minimum Gasteiger partial charge on any atom is -0.356 e. The van der Waals surface area contributed by atoms with Crippen LogP contribution in [0.4, 0.5) is 11.5 Å². The number of piperidine rings is 1. The van der Waals surface area contributed by atoms with Crippen LogP contribution < -0.4 is 10.2 Å². The molecule has 1 saturated heterocycles. The van der Waals surface area contributed by atoms with Crippen LogP contribution in [0.15, 0.2) is 36.7 Å². The van der Waals surface area contributed by atoms with Crippen LogP contribution in [0, 0.1) is 12.8 Å². The third-order valence-corrected chi connectivity index (χ3v) is 4.91. The molecule has 0 aliphatic carbocycles. The molecule has 0 bridgehead atoms. The fraction of sp³-hybridized carbons (Fsp3) is 0.333. The summed E-state index contributed by atoms with van der Waals surface area (Å²) in [6, 6.07) is 9.19. The van der Waals surface area contributed by atoms with Crippen LogP contribution in [0.3, 0.4) is 0 Å². The van der Waals surface area contributed by atoms with Crippen molar-refractivity contribution in [2.75, 3.05) is 23.3 Å². The maximum absolute atomic E-state index is 12.5. The number of hydrogen-bond acceptors (Lipinski definition) is 5. The number of benzene rings is 1. The first kappa shape index (κ1) is 16.8. The Morgan fingerprint density at radius 1 is 1.23 bits per heavy atom. The van der Waals surface area contributed by atoms with Crippen LogP contribution in [0.2, 0.25) is 5.02 Å². The van der Waals surface area contributed by atoms with Crippen LogP contribution in [0.25, 0.3) is 5.78 Å². The number of aryl methyl sites for hydroxylation is 1. The van der Waals surface area contributed by atoms with Gasteiger partial charge in [-0.15, -0.1) is 0 Å². The van der Waals surface area contributed by atoms with E-state index < -0.39 is 0 Å². The molecule has 8 heteroatoms. The van der Waals surface area contributed by atoms with Crippen molar-refractivity contribution >= 4 is 34.8 Å². The molecule has 3 heterocycles. The Morgan fingerprint density at radius 3 is 2.69 bits per heavy atom. The quantitative estimate of drug-likeness (QED) is 0.767. The Hall–Kier alpha value is -2.67. The van der Waals surface area contributed by atoms with Crippen LogP contribution in [-0.2, 0) is 4.79 Å². The number of amides is 1. The summed E-state index contributed by atoms with van der Waals surface area (Å²) in [7, 11) is 0. The molecule has 1 amide bonds. The molecule has 1 aliphatic heterocycles. The molecule has 1 fully saturated rings. The van der Waals surface area contributed by atoms with Gasteiger partial charge in [-0.1, -0.05) is 11.6 Å². The Morgan fingerprint density at radius 2 is 1.96 bits per heavy atom. The first-order chi connectivity index (χ1) is 12.6. The summed E-state index contributed by atoms with van der Waals surface area (Å²) in [6.07, 6.45) is 3.09. The Bertz CT molecular complexity index is 931. The molecule has 1 aromatic carbocycles. The second-order valence-electron chi connectivity index (χ2n) is 6.49. The number of hydrogen-bond donors (Lipinski definition) is 1. The second kappa shape index (κ2) is 6.92. The number of nitrogens with zero attached hydrogens (tertiary/aromatic N) is 5. The van der Waals surface area contributed by atoms with Gasteiger partial charge in [-0.2, -0.15) is 14.6 Å². The molecule has 0 unspecified atom stereocenters. The molecule has 2 aromatic heterocycles. The smallest absolute Gasteiger partial charge is 0.254 e. The van der Waals surface area contributed by atoms with E-state index in [1.165, 1.54) is 6.33 Å². The van der Waals surface area contributed by atoms with Gasteiger partial charge in [0.05, 0.1) is 0 Å². The van der Waals surface area contributed by atoms with E-state index in [4.69, 9.17) is 11.6 Å². The first-order valence-electron chi connectivity index (χ1n) is 8.59. The molecule has 0 atom stereocenters. The van der Waals surface area contributed by atoms with Crippen molar-refractivity contribution in [3.8, 4) is 0 Å². The predicted octanol–water partition coefficient (Wildman–Crippen LogP) is 2.94. The van der Waals surface area contributed by atoms with E-state index in [9.17, 15) is 4.79 Å². The topological polar surface area (TPSA) is 75.4 Å². The molecular formula is C18H19ClN6O. The highest BCUT2D eigenvalue weighted by Gasteiger charge is 2.26. The third kappa shape index (κ3) is 3.35. The Kier molecular flexibility index (Phi) is 4.46. The molecule has 4 rings (SSSR count). The molecule has 7 nitrogen and oxygen atoms in total. The van der Waals surface area contributed by atoms with Gasteiger partial charge in [-0.05, 0) is 44.0 Å². The average Bonchev–Trinajstić information content (AvgIpc) is 3.11. The number of carbonyl (C=O) groups is 1. The molecule has 134 valence electrons. The summed E-state index contributed by atoms with van der Waals surface area (Å²) in [5.74, 6) is 1.63. The number of aromatic nitrogens is 4. The molecule has 0 radical (unpaired) electrons. The highest BCUT2D eigenvalue weighted by atomic mass is 35.5. The van der Waals surface area contributed by atoms with E-state index in [1.807, 2.05) is 25.1 Å². The van der Waals surface area contributed by atoms with Gasteiger partial charge < -0.3 is 10.2 Å². The Labute approximate surface area is 156 Å². The van der Waals surface area contributed by atoms with Crippen molar-refractivity contribution in [3.05, 3.63) is 47.4 Å². The molecule has 1 N–H and O–H groups in total. The summed E-state index contributed by atoms with van der Waals surface area (Å²) in [5.41, 5.74) is 1.68. The van der Waals surface area contributed by atoms with E-state index in [2.05, 4.69) is 25.3 Å². The lowest BCUT2D eigenvalue weighted by Crippen LogP contribution is -2.39. The lowest BCUT2D eigenvalue weighted by molar-refractivity contribution is -0.120. The van der Waals surface area contributed by atoms with Gasteiger partial charge in [0.1, 0.15) is 12.1 Å². The maximum atomic E-state index is 12.5. The van der Waals surface area contributed by atoms with Crippen LogP contribution in [0.5, 0.6) is 0 Å². The van der Waals surface area contributed by atoms with Crippen molar-refractivity contribution in [2.45, 2.75) is 19.8 Å². The van der Waals surface area contributed by atoms with Crippen molar-refractivity contribution in [2.24, 2.45) is 5.92 Å². The third-order valence-electron chi connectivity index (χ3n) is 4.66. The van der Waals surface area contributed by atoms with E-state index in [0.717, 1.165) is 43.1 Å². The van der Waals surface area contributed by atoms with Crippen LogP contribution >= 0.6 is 11.6 Å². The van der Waals surface area contributed by atoms with Crippen molar-refractivity contribution in [3.63, 3.8) is 0 Å². The summed E-state index contributed by atoms with van der Waals surface area (Å²) in [5, 5.41) is 7.89. The monoisotopic (exact) mass is 370 g/mol. The standard InChI is InChI=1S/C18H19ClN6O/c1-12-10-16(25-18(22-12)20-11-21-25)24-8-6-13(7-9-24)17(26)23-15-4-2-14(19)3-5-15/h2-5,10-11,13H,6-9H2,1H3,(H,23,26). The predicted molar refractivity (Wildman–Crippen MR) is 101 cm³/mol. The number of carbonyl (C=O) groups excluding carboxylic acids is 1. The van der Waals surface area contributed by atoms with Gasteiger partial charge >= 0.3 is 0 Å². The van der Waals surface area contributed by atoms with E-state index >= 15 is 0 Å². The highest BCUT2D eigenvalue weighted by molar-refractivity contribution is 6.30. The van der Waals surface area contributed by atoms with E-state index in [-0.39, 0.29) is 11.8 Å². The number of nitrogens with one attached hydrogen (secondary N) is 1. The highest BCUT2D eigenvalue weighted by Crippen LogP contribution is 2.25. The summed E-state index contributed by atoms with van der Waals surface area (Å²) >= 11 is 5.88. The van der Waals surface area contributed by atoms with Crippen molar-refractivity contribution in [1.29, 1.82) is 0 Å². The molecular weight excluding hydrogens is 352 g/mol. The van der Waals surface area contributed by atoms with Crippen molar-refractivity contribution in [1.82, 2.24) is 19.6 Å². The Balaban J connectivity index is 1.42. The fourth-order valence-corrected chi connectivity index (χ4v) is 3.41. The van der Waals surface area contributed by atoms with Gasteiger partial charge in [0.25, 0.3) is 5.78 Å². The van der Waals surface area contributed by atoms with Crippen molar-refractivity contribution < 1.29 is 4.79 Å². The van der Waals surface area contributed by atoms with Gasteiger partial charge in [-0.3, -0.25) is 4.79 Å². The zero-order valence-corrected chi connectivity index (χ0v) is 15.1. The number of fused-ring (bicyclic) bond motifs is 1. The zero-order valence-electron chi connectivity index (χ0n) is 14.4. The normalized spacial score (nSPS) is 15.4. The van der Waals surface area contributed by atoms with E-state index in [0.29, 0.717) is 10.8 Å².